The highest BCUT2D eigenvalue weighted by molar-refractivity contribution is 7.47. The molecule has 250 valence electrons. The van der Waals surface area contributed by atoms with Gasteiger partial charge in [0.2, 0.25) is 5.95 Å². The average Bonchev–Trinajstić information content (AvgIpc) is 3.77. The Morgan fingerprint density at radius 2 is 1.67 bits per heavy atom. The normalized spacial score (nSPS) is 29.4. The molecule has 46 heavy (non-hydrogen) atoms. The van der Waals surface area contributed by atoms with Crippen molar-refractivity contribution in [1.82, 2.24) is 39.0 Å². The van der Waals surface area contributed by atoms with Gasteiger partial charge in [0.05, 0.1) is 32.0 Å². The van der Waals surface area contributed by atoms with Gasteiger partial charge < -0.3 is 40.9 Å². The third kappa shape index (κ3) is 6.28. The van der Waals surface area contributed by atoms with E-state index in [1.54, 1.807) is 0 Å². The first kappa shape index (κ1) is 32.5. The summed E-state index contributed by atoms with van der Waals surface area (Å²) in [6, 6.07) is 0. The zero-order valence-corrected chi connectivity index (χ0v) is 25.3. The number of phosphoric acid groups is 2. The molecule has 0 saturated carbocycles. The first-order valence-electron chi connectivity index (χ1n) is 13.3. The second-order valence-corrected chi connectivity index (χ2v) is 13.1. The lowest BCUT2D eigenvalue weighted by Gasteiger charge is -2.24. The Hall–Kier alpha value is -3.44. The Balaban J connectivity index is 1.17. The van der Waals surface area contributed by atoms with Gasteiger partial charge >= 0.3 is 15.6 Å². The van der Waals surface area contributed by atoms with E-state index in [4.69, 9.17) is 34.5 Å². The van der Waals surface area contributed by atoms with Crippen LogP contribution < -0.4 is 17.0 Å². The number of ether oxygens (including phenoxy) is 2. The van der Waals surface area contributed by atoms with Crippen molar-refractivity contribution >= 4 is 49.7 Å². The van der Waals surface area contributed by atoms with Crippen LogP contribution in [0.1, 0.15) is 18.9 Å². The summed E-state index contributed by atoms with van der Waals surface area (Å²) in [6.07, 6.45) is -5.79. The molecule has 2 aliphatic heterocycles. The first-order valence-corrected chi connectivity index (χ1v) is 16.3. The molecule has 9 N–H and O–H groups in total. The van der Waals surface area contributed by atoms with E-state index < -0.39 is 77.4 Å². The zero-order valence-electron chi connectivity index (χ0n) is 23.5. The molecule has 9 atom stereocenters. The van der Waals surface area contributed by atoms with E-state index in [0.717, 1.165) is 18.0 Å². The van der Waals surface area contributed by atoms with Crippen molar-refractivity contribution in [2.45, 2.75) is 49.4 Å². The van der Waals surface area contributed by atoms with Crippen molar-refractivity contribution in [3.05, 3.63) is 29.3 Å². The molecule has 23 nitrogen and oxygen atoms in total. The molecule has 0 spiro atoms. The highest BCUT2D eigenvalue weighted by atomic mass is 31.2. The molecule has 0 radical (unpaired) electrons. The molecule has 6 rings (SSSR count). The summed E-state index contributed by atoms with van der Waals surface area (Å²) in [5, 5.41) is 21.8. The lowest BCUT2D eigenvalue weighted by Crippen LogP contribution is -2.36. The molecule has 0 aromatic carbocycles. The Kier molecular flexibility index (Phi) is 8.69. The number of nitrogens with zero attached hydrogens (tertiary/aromatic N) is 7. The number of phosphoric ester groups is 2. The number of aromatic nitrogens is 8. The summed E-state index contributed by atoms with van der Waals surface area (Å²) in [5.74, 6) is -0.146. The van der Waals surface area contributed by atoms with Crippen molar-refractivity contribution < 1.29 is 56.7 Å². The maximum atomic E-state index is 13.1. The average molecular weight is 690 g/mol. The van der Waals surface area contributed by atoms with Crippen LogP contribution in [0, 0.1) is 0 Å². The highest BCUT2D eigenvalue weighted by Gasteiger charge is 2.50. The second kappa shape index (κ2) is 12.3. The van der Waals surface area contributed by atoms with Gasteiger partial charge in [-0.2, -0.15) is 4.98 Å². The van der Waals surface area contributed by atoms with Gasteiger partial charge in [-0.15, -0.1) is 0 Å². The number of nitrogen functional groups attached to an aromatic ring is 2. The Labute approximate surface area is 256 Å². The molecule has 6 heterocycles. The number of rotatable bonds is 11. The van der Waals surface area contributed by atoms with Crippen LogP contribution in [0.2, 0.25) is 0 Å². The third-order valence-corrected chi connectivity index (χ3v) is 9.09. The van der Waals surface area contributed by atoms with Crippen LogP contribution in [-0.4, -0.2) is 110 Å². The largest absolute Gasteiger partial charge is 0.472 e. The van der Waals surface area contributed by atoms with E-state index in [0.29, 0.717) is 11.2 Å². The minimum atomic E-state index is -5.04. The third-order valence-electron chi connectivity index (χ3n) is 7.17. The molecule has 4 aromatic rings. The number of aliphatic hydroxyl groups is 2. The summed E-state index contributed by atoms with van der Waals surface area (Å²) in [5.41, 5.74) is 11.1. The van der Waals surface area contributed by atoms with Crippen LogP contribution in [0.25, 0.3) is 22.3 Å². The van der Waals surface area contributed by atoms with E-state index in [1.807, 2.05) is 0 Å². The van der Waals surface area contributed by atoms with Crippen molar-refractivity contribution in [2.24, 2.45) is 0 Å². The predicted octanol–water partition coefficient (Wildman–Crippen LogP) is -1.70. The molecule has 0 aliphatic carbocycles. The highest BCUT2D eigenvalue weighted by Crippen LogP contribution is 2.50. The number of aliphatic hydroxyl groups excluding tert-OH is 2. The molecule has 2 fully saturated rings. The van der Waals surface area contributed by atoms with Crippen molar-refractivity contribution in [1.29, 1.82) is 0 Å². The van der Waals surface area contributed by atoms with Gasteiger partial charge in [0, 0.05) is 13.5 Å². The number of H-pyrrole nitrogens is 1. The van der Waals surface area contributed by atoms with Crippen molar-refractivity contribution in [3.8, 4) is 0 Å². The summed E-state index contributed by atoms with van der Waals surface area (Å²) in [4.78, 5) is 54.8. The van der Waals surface area contributed by atoms with Crippen LogP contribution in [0.15, 0.2) is 23.8 Å². The van der Waals surface area contributed by atoms with Crippen LogP contribution in [0.4, 0.5) is 11.8 Å². The molecule has 25 heteroatoms. The molecular formula is C21H28N10O13P2. The summed E-state index contributed by atoms with van der Waals surface area (Å²) in [7, 11) is -8.70. The number of nitrogens with two attached hydrogens (primary N) is 2. The zero-order chi connectivity index (χ0) is 33.0. The van der Waals surface area contributed by atoms with Gasteiger partial charge in [0.15, 0.2) is 35.1 Å². The molecule has 2 unspecified atom stereocenters. The van der Waals surface area contributed by atoms with E-state index >= 15 is 0 Å². The smallest absolute Gasteiger partial charge is 0.388 e. The number of nitrogens with one attached hydrogen (secondary N) is 1. The van der Waals surface area contributed by atoms with Crippen molar-refractivity contribution in [3.63, 3.8) is 0 Å². The molecular weight excluding hydrogens is 662 g/mol. The molecule has 0 amide bonds. The standard InChI is InChI=1S/C21H28N10O13P2/c1-39-45(35,36)41-4-10-14(13(33)20(43-10)31-7-27-12-17(31)28-21(23)29-18(12)34)44-46(37,38)40-3-8-2-9(32)19(42-8)30-6-26-11-15(22)24-5-25-16(11)30/h5-10,13-14,19-20,32-33H,2-4H2,1H3,(H,35,36)(H,37,38)(H2,22,24,25)(H3,23,28,29,34)/t8-,9+,10+,13+,14+,19+,20+/m0/s1. The molecule has 0 bridgehead atoms. The fraction of sp³-hybridized carbons (Fsp3) is 0.524. The first-order chi connectivity index (χ1) is 21.8. The fourth-order valence-corrected chi connectivity index (χ4v) is 6.49. The maximum absolute atomic E-state index is 13.1. The number of aromatic amines is 1. The molecule has 2 aliphatic rings. The second-order valence-electron chi connectivity index (χ2n) is 10.1. The van der Waals surface area contributed by atoms with Crippen LogP contribution >= 0.6 is 15.6 Å². The monoisotopic (exact) mass is 690 g/mol. The van der Waals surface area contributed by atoms with Gasteiger partial charge in [-0.25, -0.2) is 29.1 Å². The Bertz CT molecular complexity index is 1900. The topological polar surface area (TPSA) is 330 Å². The number of fused-ring (bicyclic) bond motifs is 2. The Morgan fingerprint density at radius 1 is 0.978 bits per heavy atom. The van der Waals surface area contributed by atoms with Crippen LogP contribution in [-0.2, 0) is 36.7 Å². The summed E-state index contributed by atoms with van der Waals surface area (Å²) < 4.78 is 58.8. The van der Waals surface area contributed by atoms with E-state index in [1.165, 1.54) is 17.2 Å². The SMILES string of the molecule is COP(=O)(O)OC[C@H]1O[C@@H](n2cnc3c(=O)[nH]c(N)nc32)[C@H](O)[C@@H]1OP(=O)(O)OC[C@@H]1C[C@@H](O)[C@H](n2cnc3c(N)ncnc32)O1. The summed E-state index contributed by atoms with van der Waals surface area (Å²) >= 11 is 0. The van der Waals surface area contributed by atoms with Gasteiger partial charge in [0.25, 0.3) is 5.56 Å². The Morgan fingerprint density at radius 3 is 2.41 bits per heavy atom. The van der Waals surface area contributed by atoms with Gasteiger partial charge in [0.1, 0.15) is 36.3 Å². The van der Waals surface area contributed by atoms with E-state index in [2.05, 4.69) is 34.4 Å². The summed E-state index contributed by atoms with van der Waals surface area (Å²) in [6.45, 7) is -1.32. The number of imidazole rings is 2. The maximum Gasteiger partial charge on any atom is 0.472 e. The molecule has 4 aromatic heterocycles. The van der Waals surface area contributed by atoms with Crippen LogP contribution in [0.5, 0.6) is 0 Å². The lowest BCUT2D eigenvalue weighted by molar-refractivity contribution is -0.0558. The predicted molar refractivity (Wildman–Crippen MR) is 150 cm³/mol. The number of hydrogen-bond acceptors (Lipinski definition) is 18. The van der Waals surface area contributed by atoms with E-state index in [-0.39, 0.29) is 29.4 Å². The van der Waals surface area contributed by atoms with Gasteiger partial charge in [-0.3, -0.25) is 37.0 Å². The lowest BCUT2D eigenvalue weighted by atomic mass is 10.1. The van der Waals surface area contributed by atoms with E-state index in [9.17, 15) is 33.9 Å². The minimum Gasteiger partial charge on any atom is -0.388 e. The fourth-order valence-electron chi connectivity index (χ4n) is 5.07. The number of hydrogen-bond donors (Lipinski definition) is 7. The van der Waals surface area contributed by atoms with Crippen LogP contribution in [0.3, 0.4) is 0 Å². The van der Waals surface area contributed by atoms with Gasteiger partial charge in [-0.05, 0) is 0 Å². The molecule has 2 saturated heterocycles. The van der Waals surface area contributed by atoms with Crippen molar-refractivity contribution in [2.75, 3.05) is 31.8 Å². The minimum absolute atomic E-state index is 0.0234. The van der Waals surface area contributed by atoms with Gasteiger partial charge in [-0.1, -0.05) is 0 Å². The quantitative estimate of drug-likeness (QED) is 0.0862. The number of anilines is 2.